The molecule has 0 saturated carbocycles. The Bertz CT molecular complexity index is 1110. The van der Waals surface area contributed by atoms with E-state index in [1.807, 2.05) is 13.8 Å². The van der Waals surface area contributed by atoms with Gasteiger partial charge in [-0.05, 0) is 50.6 Å². The van der Waals surface area contributed by atoms with Crippen LogP contribution in [0.25, 0.3) is 10.9 Å². The van der Waals surface area contributed by atoms with Gasteiger partial charge < -0.3 is 9.73 Å². The number of anilines is 2. The molecule has 0 aliphatic carbocycles. The van der Waals surface area contributed by atoms with E-state index in [4.69, 9.17) is 4.42 Å². The lowest BCUT2D eigenvalue weighted by Gasteiger charge is -2.13. The van der Waals surface area contributed by atoms with Crippen molar-refractivity contribution >= 4 is 32.6 Å². The molecule has 0 aliphatic heterocycles. The van der Waals surface area contributed by atoms with Crippen LogP contribution < -0.4 is 15.7 Å². The molecule has 1 heterocycles. The summed E-state index contributed by atoms with van der Waals surface area (Å²) in [7, 11) is -3.76. The molecule has 136 valence electrons. The topological polar surface area (TPSA) is 101 Å². The van der Waals surface area contributed by atoms with Crippen LogP contribution in [0.3, 0.4) is 0 Å². The van der Waals surface area contributed by atoms with E-state index in [-0.39, 0.29) is 22.3 Å². The quantitative estimate of drug-likeness (QED) is 0.712. The van der Waals surface area contributed by atoms with Crippen LogP contribution in [0.2, 0.25) is 0 Å². The van der Waals surface area contributed by atoms with Crippen molar-refractivity contribution in [3.05, 3.63) is 58.4 Å². The molecule has 0 atom stereocenters. The number of benzene rings is 2. The van der Waals surface area contributed by atoms with Gasteiger partial charge in [-0.3, -0.25) is 4.72 Å². The Kier molecular flexibility index (Phi) is 4.69. The lowest BCUT2D eigenvalue weighted by atomic mass is 10.1. The zero-order chi connectivity index (χ0) is 18.9. The van der Waals surface area contributed by atoms with E-state index in [2.05, 4.69) is 15.0 Å². The second kappa shape index (κ2) is 6.80. The molecule has 2 aromatic carbocycles. The summed E-state index contributed by atoms with van der Waals surface area (Å²) in [5.41, 5.74) is 0.625. The molecular formula is C18H19N3O4S. The van der Waals surface area contributed by atoms with Gasteiger partial charge in [-0.2, -0.15) is 4.98 Å². The first-order valence-electron chi connectivity index (χ1n) is 8.07. The third kappa shape index (κ3) is 3.55. The molecule has 0 bridgehead atoms. The lowest BCUT2D eigenvalue weighted by molar-refractivity contribution is 0.511. The summed E-state index contributed by atoms with van der Waals surface area (Å²) < 4.78 is 32.7. The average molecular weight is 373 g/mol. The third-order valence-corrected chi connectivity index (χ3v) is 5.15. The van der Waals surface area contributed by atoms with Crippen LogP contribution in [0.4, 0.5) is 11.7 Å². The minimum Gasteiger partial charge on any atom is -0.389 e. The van der Waals surface area contributed by atoms with Crippen molar-refractivity contribution in [1.82, 2.24) is 4.98 Å². The van der Waals surface area contributed by atoms with Gasteiger partial charge >= 0.3 is 5.63 Å². The van der Waals surface area contributed by atoms with Gasteiger partial charge in [-0.25, -0.2) is 13.2 Å². The van der Waals surface area contributed by atoms with Gasteiger partial charge in [0.25, 0.3) is 16.0 Å². The maximum Gasteiger partial charge on any atom is 0.348 e. The highest BCUT2D eigenvalue weighted by molar-refractivity contribution is 7.92. The first-order chi connectivity index (χ1) is 12.3. The van der Waals surface area contributed by atoms with Crippen LogP contribution in [0, 0.1) is 6.92 Å². The van der Waals surface area contributed by atoms with Crippen LogP contribution >= 0.6 is 0 Å². The number of aryl methyl sites for hydroxylation is 1. The Morgan fingerprint density at radius 2 is 1.77 bits per heavy atom. The molecule has 0 radical (unpaired) electrons. The van der Waals surface area contributed by atoms with E-state index in [0.717, 1.165) is 0 Å². The smallest absolute Gasteiger partial charge is 0.348 e. The van der Waals surface area contributed by atoms with Gasteiger partial charge in [-0.1, -0.05) is 18.2 Å². The number of hydrogen-bond acceptors (Lipinski definition) is 6. The summed E-state index contributed by atoms with van der Waals surface area (Å²) >= 11 is 0. The molecule has 8 heteroatoms. The SMILES string of the molecule is Cc1c(NS(=O)(=O)c2ccccc2)ccc2nc(NC(C)C)oc(=O)c12. The Labute approximate surface area is 151 Å². The predicted octanol–water partition coefficient (Wildman–Crippen LogP) is 3.12. The van der Waals surface area contributed by atoms with Gasteiger partial charge in [0.05, 0.1) is 21.5 Å². The molecule has 26 heavy (non-hydrogen) atoms. The summed E-state index contributed by atoms with van der Waals surface area (Å²) in [6.45, 7) is 5.45. The molecule has 0 saturated heterocycles. The molecular weight excluding hydrogens is 354 g/mol. The van der Waals surface area contributed by atoms with E-state index >= 15 is 0 Å². The van der Waals surface area contributed by atoms with Gasteiger partial charge in [0.1, 0.15) is 0 Å². The monoisotopic (exact) mass is 373 g/mol. The van der Waals surface area contributed by atoms with Crippen LogP contribution in [-0.4, -0.2) is 19.4 Å². The summed E-state index contributed by atoms with van der Waals surface area (Å²) in [4.78, 5) is 16.8. The first kappa shape index (κ1) is 17.9. The molecule has 1 aromatic heterocycles. The number of sulfonamides is 1. The van der Waals surface area contributed by atoms with Crippen molar-refractivity contribution in [3.63, 3.8) is 0 Å². The second-order valence-corrected chi connectivity index (χ2v) is 7.84. The molecule has 0 fully saturated rings. The van der Waals surface area contributed by atoms with Crippen molar-refractivity contribution < 1.29 is 12.8 Å². The Morgan fingerprint density at radius 1 is 1.08 bits per heavy atom. The minimum absolute atomic E-state index is 0.0566. The molecule has 0 aliphatic rings. The normalized spacial score (nSPS) is 11.7. The number of fused-ring (bicyclic) bond motifs is 1. The van der Waals surface area contributed by atoms with Crippen molar-refractivity contribution in [2.24, 2.45) is 0 Å². The highest BCUT2D eigenvalue weighted by atomic mass is 32.2. The van der Waals surface area contributed by atoms with E-state index in [1.54, 1.807) is 37.3 Å². The fraction of sp³-hybridized carbons (Fsp3) is 0.222. The minimum atomic E-state index is -3.76. The van der Waals surface area contributed by atoms with Gasteiger partial charge in [0.15, 0.2) is 0 Å². The Hall–Kier alpha value is -2.87. The largest absolute Gasteiger partial charge is 0.389 e. The molecule has 0 spiro atoms. The summed E-state index contributed by atoms with van der Waals surface area (Å²) in [5, 5.41) is 3.19. The maximum absolute atomic E-state index is 12.5. The zero-order valence-electron chi connectivity index (χ0n) is 14.6. The Balaban J connectivity index is 2.05. The van der Waals surface area contributed by atoms with Gasteiger partial charge in [-0.15, -0.1) is 0 Å². The summed E-state index contributed by atoms with van der Waals surface area (Å²) in [6.07, 6.45) is 0. The van der Waals surface area contributed by atoms with Crippen LogP contribution in [-0.2, 0) is 10.0 Å². The zero-order valence-corrected chi connectivity index (χ0v) is 15.4. The summed E-state index contributed by atoms with van der Waals surface area (Å²) in [6, 6.07) is 11.4. The van der Waals surface area contributed by atoms with Gasteiger partial charge in [0.2, 0.25) is 0 Å². The van der Waals surface area contributed by atoms with E-state index in [0.29, 0.717) is 16.8 Å². The molecule has 7 nitrogen and oxygen atoms in total. The van der Waals surface area contributed by atoms with Crippen molar-refractivity contribution in [3.8, 4) is 0 Å². The summed E-state index contributed by atoms with van der Waals surface area (Å²) in [5.74, 6) is 0. The third-order valence-electron chi connectivity index (χ3n) is 3.77. The van der Waals surface area contributed by atoms with Crippen LogP contribution in [0.15, 0.2) is 56.6 Å². The second-order valence-electron chi connectivity index (χ2n) is 6.16. The number of nitrogens with one attached hydrogen (secondary N) is 2. The fourth-order valence-corrected chi connectivity index (χ4v) is 3.69. The van der Waals surface area contributed by atoms with Gasteiger partial charge in [0, 0.05) is 6.04 Å². The van der Waals surface area contributed by atoms with Crippen molar-refractivity contribution in [1.29, 1.82) is 0 Å². The molecule has 2 N–H and O–H groups in total. The Morgan fingerprint density at radius 3 is 2.42 bits per heavy atom. The van der Waals surface area contributed by atoms with E-state index < -0.39 is 15.6 Å². The molecule has 0 unspecified atom stereocenters. The molecule has 3 aromatic rings. The number of nitrogens with zero attached hydrogens (tertiary/aromatic N) is 1. The standard InChI is InChI=1S/C18H19N3O4S/c1-11(2)19-18-20-15-10-9-14(12(3)16(15)17(22)25-18)21-26(23,24)13-7-5-4-6-8-13/h4-11,21H,1-3H3,(H,19,20). The fourth-order valence-electron chi connectivity index (χ4n) is 2.54. The van der Waals surface area contributed by atoms with Crippen molar-refractivity contribution in [2.75, 3.05) is 10.0 Å². The highest BCUT2D eigenvalue weighted by Gasteiger charge is 2.18. The highest BCUT2D eigenvalue weighted by Crippen LogP contribution is 2.25. The number of rotatable bonds is 5. The molecule has 0 amide bonds. The molecule has 3 rings (SSSR count). The lowest BCUT2D eigenvalue weighted by Crippen LogP contribution is -2.16. The number of hydrogen-bond donors (Lipinski definition) is 2. The average Bonchev–Trinajstić information content (AvgIpc) is 2.57. The van der Waals surface area contributed by atoms with Crippen LogP contribution in [0.5, 0.6) is 0 Å². The van der Waals surface area contributed by atoms with E-state index in [9.17, 15) is 13.2 Å². The van der Waals surface area contributed by atoms with Crippen LogP contribution in [0.1, 0.15) is 19.4 Å². The first-order valence-corrected chi connectivity index (χ1v) is 9.55. The number of aromatic nitrogens is 1. The predicted molar refractivity (Wildman–Crippen MR) is 101 cm³/mol. The van der Waals surface area contributed by atoms with Crippen molar-refractivity contribution in [2.45, 2.75) is 31.7 Å². The van der Waals surface area contributed by atoms with E-state index in [1.165, 1.54) is 12.1 Å². The maximum atomic E-state index is 12.5.